The number of methoxy groups -OCH3 is 2. The van der Waals surface area contributed by atoms with Gasteiger partial charge in [0.1, 0.15) is 17.6 Å². The number of ether oxygens (including phenoxy) is 2. The van der Waals surface area contributed by atoms with Gasteiger partial charge >= 0.3 is 5.97 Å². The van der Waals surface area contributed by atoms with E-state index in [2.05, 4.69) is 10.6 Å². The van der Waals surface area contributed by atoms with Crippen molar-refractivity contribution >= 4 is 29.6 Å². The minimum atomic E-state index is -0.809. The van der Waals surface area contributed by atoms with E-state index in [1.807, 2.05) is 13.8 Å². The van der Waals surface area contributed by atoms with Gasteiger partial charge in [-0.3, -0.25) is 19.2 Å². The van der Waals surface area contributed by atoms with Crippen LogP contribution in [-0.2, 0) is 20.7 Å². The molecule has 1 fully saturated rings. The molecule has 0 radical (unpaired) electrons. The molecule has 11 nitrogen and oxygen atoms in total. The Morgan fingerprint density at radius 3 is 2.48 bits per heavy atom. The SMILES string of the molecule is COC(=O)c1cc(OC)cc(C(=O)N2CC(=O)NCCCc3ccc(F)c(c3)C(=O)N3CCC[C@H]3C(=O)N[C@H](C(C)C)C2)c1. The molecule has 1 saturated heterocycles. The number of amides is 4. The number of halogens is 1. The van der Waals surface area contributed by atoms with E-state index in [1.54, 1.807) is 6.07 Å². The van der Waals surface area contributed by atoms with Gasteiger partial charge in [0.15, 0.2) is 0 Å². The lowest BCUT2D eigenvalue weighted by Crippen LogP contribution is -2.54. The molecule has 2 aromatic carbocycles. The molecule has 44 heavy (non-hydrogen) atoms. The third-order valence-electron chi connectivity index (χ3n) is 8.02. The van der Waals surface area contributed by atoms with Crippen molar-refractivity contribution in [2.24, 2.45) is 5.92 Å². The fourth-order valence-electron chi connectivity index (χ4n) is 5.50. The van der Waals surface area contributed by atoms with Crippen molar-refractivity contribution in [3.05, 3.63) is 64.5 Å². The molecule has 236 valence electrons. The second kappa shape index (κ2) is 14.3. The average Bonchev–Trinajstić information content (AvgIpc) is 3.51. The molecule has 0 saturated carbocycles. The maximum Gasteiger partial charge on any atom is 0.338 e. The first-order valence-corrected chi connectivity index (χ1v) is 14.8. The minimum Gasteiger partial charge on any atom is -0.497 e. The Labute approximate surface area is 256 Å². The molecule has 2 N–H and O–H groups in total. The van der Waals surface area contributed by atoms with Crippen LogP contribution < -0.4 is 15.4 Å². The summed E-state index contributed by atoms with van der Waals surface area (Å²) in [5.74, 6) is -3.15. The lowest BCUT2D eigenvalue weighted by atomic mass is 10.0. The van der Waals surface area contributed by atoms with Gasteiger partial charge in [-0.15, -0.1) is 0 Å². The first kappa shape index (κ1) is 32.4. The number of hydrogen-bond donors (Lipinski definition) is 2. The van der Waals surface area contributed by atoms with E-state index in [0.717, 1.165) is 5.56 Å². The van der Waals surface area contributed by atoms with E-state index < -0.39 is 47.5 Å². The molecule has 2 aliphatic rings. The number of rotatable bonds is 4. The molecule has 2 bridgehead atoms. The summed E-state index contributed by atoms with van der Waals surface area (Å²) in [4.78, 5) is 69.1. The fraction of sp³-hybridized carbons (Fsp3) is 0.469. The number of aryl methyl sites for hydroxylation is 1. The molecule has 0 aromatic heterocycles. The molecule has 4 amide bonds. The van der Waals surface area contributed by atoms with Gasteiger partial charge in [-0.1, -0.05) is 19.9 Å². The molecule has 0 unspecified atom stereocenters. The molecule has 2 aliphatic heterocycles. The summed E-state index contributed by atoms with van der Waals surface area (Å²) >= 11 is 0. The maximum absolute atomic E-state index is 14.8. The minimum absolute atomic E-state index is 0.0313. The topological polar surface area (TPSA) is 134 Å². The van der Waals surface area contributed by atoms with E-state index in [9.17, 15) is 28.4 Å². The van der Waals surface area contributed by atoms with Crippen molar-refractivity contribution < 1.29 is 37.8 Å². The summed E-state index contributed by atoms with van der Waals surface area (Å²) in [7, 11) is 2.63. The molecule has 0 aliphatic carbocycles. The Balaban J connectivity index is 1.68. The number of esters is 1. The van der Waals surface area contributed by atoms with Crippen molar-refractivity contribution in [1.29, 1.82) is 0 Å². The lowest BCUT2D eigenvalue weighted by Gasteiger charge is -2.32. The highest BCUT2D eigenvalue weighted by molar-refractivity contribution is 6.00. The van der Waals surface area contributed by atoms with Gasteiger partial charge in [0.25, 0.3) is 11.8 Å². The van der Waals surface area contributed by atoms with Crippen LogP contribution in [0.4, 0.5) is 4.39 Å². The van der Waals surface area contributed by atoms with Crippen LogP contribution in [0.15, 0.2) is 36.4 Å². The molecule has 2 atom stereocenters. The molecule has 2 heterocycles. The van der Waals surface area contributed by atoms with Crippen LogP contribution in [0.25, 0.3) is 0 Å². The van der Waals surface area contributed by atoms with Crippen LogP contribution in [0.1, 0.15) is 69.7 Å². The highest BCUT2D eigenvalue weighted by Gasteiger charge is 2.37. The van der Waals surface area contributed by atoms with Crippen LogP contribution in [-0.4, -0.2) is 91.9 Å². The van der Waals surface area contributed by atoms with Crippen LogP contribution in [0.3, 0.4) is 0 Å². The summed E-state index contributed by atoms with van der Waals surface area (Å²) in [5, 5.41) is 5.80. The third-order valence-corrected chi connectivity index (χ3v) is 8.02. The highest BCUT2D eigenvalue weighted by Crippen LogP contribution is 2.24. The quantitative estimate of drug-likeness (QED) is 0.509. The molecule has 4 rings (SSSR count). The van der Waals surface area contributed by atoms with Gasteiger partial charge in [0.2, 0.25) is 11.8 Å². The zero-order valence-corrected chi connectivity index (χ0v) is 25.5. The summed E-state index contributed by atoms with van der Waals surface area (Å²) in [6, 6.07) is 7.24. The first-order chi connectivity index (χ1) is 21.0. The van der Waals surface area contributed by atoms with E-state index in [0.29, 0.717) is 32.2 Å². The van der Waals surface area contributed by atoms with E-state index >= 15 is 0 Å². The lowest BCUT2D eigenvalue weighted by molar-refractivity contribution is -0.126. The predicted molar refractivity (Wildman–Crippen MR) is 159 cm³/mol. The predicted octanol–water partition coefficient (Wildman–Crippen LogP) is 2.57. The Morgan fingerprint density at radius 1 is 1.02 bits per heavy atom. The smallest absolute Gasteiger partial charge is 0.338 e. The Bertz CT molecular complexity index is 1430. The van der Waals surface area contributed by atoms with Gasteiger partial charge < -0.3 is 29.9 Å². The van der Waals surface area contributed by atoms with Gasteiger partial charge in [0.05, 0.1) is 31.9 Å². The zero-order chi connectivity index (χ0) is 32.0. The van der Waals surface area contributed by atoms with Crippen LogP contribution in [0.5, 0.6) is 5.75 Å². The van der Waals surface area contributed by atoms with Gasteiger partial charge in [0, 0.05) is 31.2 Å². The number of benzene rings is 2. The van der Waals surface area contributed by atoms with Gasteiger partial charge in [-0.2, -0.15) is 0 Å². The first-order valence-electron chi connectivity index (χ1n) is 14.8. The van der Waals surface area contributed by atoms with Crippen molar-refractivity contribution in [3.8, 4) is 5.75 Å². The van der Waals surface area contributed by atoms with Gasteiger partial charge in [-0.25, -0.2) is 9.18 Å². The maximum atomic E-state index is 14.8. The largest absolute Gasteiger partial charge is 0.497 e. The number of nitrogens with one attached hydrogen (secondary N) is 2. The number of hydrogen-bond acceptors (Lipinski definition) is 7. The highest BCUT2D eigenvalue weighted by atomic mass is 19.1. The Morgan fingerprint density at radius 2 is 1.77 bits per heavy atom. The summed E-state index contributed by atoms with van der Waals surface area (Å²) in [6.45, 7) is 4.00. The van der Waals surface area contributed by atoms with E-state index in [-0.39, 0.29) is 48.0 Å². The third kappa shape index (κ3) is 7.53. The Kier molecular flexibility index (Phi) is 10.6. The molecule has 0 spiro atoms. The van der Waals surface area contributed by atoms with Crippen LogP contribution >= 0.6 is 0 Å². The number of nitrogens with zero attached hydrogens (tertiary/aromatic N) is 2. The van der Waals surface area contributed by atoms with Crippen molar-refractivity contribution in [1.82, 2.24) is 20.4 Å². The van der Waals surface area contributed by atoms with Gasteiger partial charge in [-0.05, 0) is 67.5 Å². The fourth-order valence-corrected chi connectivity index (χ4v) is 5.50. The number of carbonyl (C=O) groups is 5. The normalized spacial score (nSPS) is 20.0. The number of carbonyl (C=O) groups excluding carboxylic acids is 5. The molecule has 12 heteroatoms. The van der Waals surface area contributed by atoms with Crippen LogP contribution in [0.2, 0.25) is 0 Å². The second-order valence-electron chi connectivity index (χ2n) is 11.4. The van der Waals surface area contributed by atoms with Crippen molar-refractivity contribution in [3.63, 3.8) is 0 Å². The monoisotopic (exact) mass is 610 g/mol. The average molecular weight is 611 g/mol. The second-order valence-corrected chi connectivity index (χ2v) is 11.4. The summed E-state index contributed by atoms with van der Waals surface area (Å²) < 4.78 is 24.9. The summed E-state index contributed by atoms with van der Waals surface area (Å²) in [6.07, 6.45) is 1.98. The molecule has 2 aromatic rings. The van der Waals surface area contributed by atoms with E-state index in [1.165, 1.54) is 54.4 Å². The Hall–Kier alpha value is -4.48. The summed E-state index contributed by atoms with van der Waals surface area (Å²) in [5.41, 5.74) is 0.845. The standard InChI is InChI=1S/C32H39FN4O7/c1-19(2)26-17-36(30(40)21-14-22(32(42)44-4)16-23(15-21)43-3)18-28(38)34-11-5-7-20-9-10-25(33)24(13-20)31(41)37-12-6-8-27(37)29(39)35-26/h9-10,13-16,19,26-27H,5-8,11-12,17-18H2,1-4H3,(H,34,38)(H,35,39)/t26-,27-/m0/s1. The molecular formula is C32H39FN4O7. The van der Waals surface area contributed by atoms with E-state index in [4.69, 9.17) is 9.47 Å². The van der Waals surface area contributed by atoms with Crippen molar-refractivity contribution in [2.75, 3.05) is 40.4 Å². The molecular weight excluding hydrogens is 571 g/mol. The number of fused-ring (bicyclic) bond motifs is 3. The van der Waals surface area contributed by atoms with Crippen molar-refractivity contribution in [2.45, 2.75) is 51.6 Å². The zero-order valence-electron chi connectivity index (χ0n) is 25.5. The van der Waals surface area contributed by atoms with Crippen LogP contribution in [0, 0.1) is 11.7 Å².